The van der Waals surface area contributed by atoms with Crippen molar-refractivity contribution >= 4 is 5.95 Å². The van der Waals surface area contributed by atoms with E-state index in [1.165, 1.54) is 12.8 Å². The highest BCUT2D eigenvalue weighted by atomic mass is 15.3. The van der Waals surface area contributed by atoms with Crippen molar-refractivity contribution in [1.29, 1.82) is 0 Å². The van der Waals surface area contributed by atoms with Crippen LogP contribution in [0.2, 0.25) is 0 Å². The summed E-state index contributed by atoms with van der Waals surface area (Å²) in [5.41, 5.74) is 1.95. The summed E-state index contributed by atoms with van der Waals surface area (Å²) in [6, 6.07) is 2.48. The summed E-state index contributed by atoms with van der Waals surface area (Å²) in [6.07, 6.45) is 8.08. The molecule has 0 aromatic carbocycles. The summed E-state index contributed by atoms with van der Waals surface area (Å²) >= 11 is 0. The number of aromatic nitrogens is 4. The molecule has 2 aromatic heterocycles. The molecule has 0 amide bonds. The van der Waals surface area contributed by atoms with E-state index in [2.05, 4.69) is 27.3 Å². The molecule has 1 aliphatic carbocycles. The summed E-state index contributed by atoms with van der Waals surface area (Å²) in [7, 11) is 0. The van der Waals surface area contributed by atoms with Crippen LogP contribution < -0.4 is 5.32 Å². The van der Waals surface area contributed by atoms with Crippen molar-refractivity contribution in [2.75, 3.05) is 5.32 Å². The van der Waals surface area contributed by atoms with Crippen LogP contribution in [-0.2, 0) is 6.54 Å². The van der Waals surface area contributed by atoms with Gasteiger partial charge in [-0.15, -0.1) is 0 Å². The molecule has 1 aliphatic rings. The molecule has 0 aliphatic heterocycles. The molecule has 1 fully saturated rings. The fraction of sp³-hybridized carbons (Fsp3) is 0.417. The largest absolute Gasteiger partial charge is 0.351 e. The van der Waals surface area contributed by atoms with Gasteiger partial charge in [0.1, 0.15) is 0 Å². The van der Waals surface area contributed by atoms with Gasteiger partial charge in [0.2, 0.25) is 5.95 Å². The molecule has 0 unspecified atom stereocenters. The van der Waals surface area contributed by atoms with E-state index in [9.17, 15) is 0 Å². The highest BCUT2D eigenvalue weighted by Gasteiger charge is 2.21. The third-order valence-corrected chi connectivity index (χ3v) is 2.82. The first-order valence-corrected chi connectivity index (χ1v) is 5.97. The quantitative estimate of drug-likeness (QED) is 0.870. The molecule has 2 aromatic rings. The molecule has 0 spiro atoms. The average molecular weight is 229 g/mol. The van der Waals surface area contributed by atoms with E-state index in [-0.39, 0.29) is 0 Å². The topological polar surface area (TPSA) is 55.6 Å². The normalized spacial score (nSPS) is 14.9. The SMILES string of the molecule is CCn1cc(-c2ccnc(NC3CC3)n2)cn1. The predicted octanol–water partition coefficient (Wildman–Crippen LogP) is 1.93. The van der Waals surface area contributed by atoms with Gasteiger partial charge in [-0.25, -0.2) is 9.97 Å². The molecule has 3 rings (SSSR count). The average Bonchev–Trinajstić information content (AvgIpc) is 3.04. The van der Waals surface area contributed by atoms with Gasteiger partial charge in [-0.1, -0.05) is 0 Å². The van der Waals surface area contributed by atoms with Gasteiger partial charge >= 0.3 is 0 Å². The Balaban J connectivity index is 1.85. The highest BCUT2D eigenvalue weighted by molar-refractivity contribution is 5.58. The Hall–Kier alpha value is -1.91. The summed E-state index contributed by atoms with van der Waals surface area (Å²) in [4.78, 5) is 8.72. The first-order chi connectivity index (χ1) is 8.35. The van der Waals surface area contributed by atoms with Crippen molar-refractivity contribution < 1.29 is 0 Å². The Labute approximate surface area is 99.9 Å². The van der Waals surface area contributed by atoms with Gasteiger partial charge in [0.05, 0.1) is 11.9 Å². The van der Waals surface area contributed by atoms with Gasteiger partial charge in [0.25, 0.3) is 0 Å². The second-order valence-electron chi connectivity index (χ2n) is 4.27. The van der Waals surface area contributed by atoms with E-state index in [1.807, 2.05) is 23.1 Å². The molecule has 2 heterocycles. The zero-order chi connectivity index (χ0) is 11.7. The molecular formula is C12H15N5. The second-order valence-corrected chi connectivity index (χ2v) is 4.27. The highest BCUT2D eigenvalue weighted by Crippen LogP contribution is 2.24. The molecule has 0 atom stereocenters. The number of anilines is 1. The van der Waals surface area contributed by atoms with E-state index in [0.29, 0.717) is 12.0 Å². The van der Waals surface area contributed by atoms with Crippen LogP contribution >= 0.6 is 0 Å². The van der Waals surface area contributed by atoms with Crippen LogP contribution in [-0.4, -0.2) is 25.8 Å². The van der Waals surface area contributed by atoms with Gasteiger partial charge in [-0.2, -0.15) is 5.10 Å². The summed E-state index contributed by atoms with van der Waals surface area (Å²) in [5.74, 6) is 0.717. The van der Waals surface area contributed by atoms with Crippen molar-refractivity contribution in [2.24, 2.45) is 0 Å². The van der Waals surface area contributed by atoms with Crippen molar-refractivity contribution in [2.45, 2.75) is 32.4 Å². The lowest BCUT2D eigenvalue weighted by Gasteiger charge is -2.03. The maximum atomic E-state index is 4.50. The van der Waals surface area contributed by atoms with Crippen molar-refractivity contribution in [3.05, 3.63) is 24.7 Å². The third-order valence-electron chi connectivity index (χ3n) is 2.82. The van der Waals surface area contributed by atoms with Crippen LogP contribution in [0.1, 0.15) is 19.8 Å². The van der Waals surface area contributed by atoms with Crippen LogP contribution in [0.3, 0.4) is 0 Å². The van der Waals surface area contributed by atoms with Gasteiger partial charge < -0.3 is 5.32 Å². The van der Waals surface area contributed by atoms with Gasteiger partial charge in [0.15, 0.2) is 0 Å². The smallest absolute Gasteiger partial charge is 0.223 e. The molecule has 17 heavy (non-hydrogen) atoms. The first kappa shape index (κ1) is 10.3. The number of hydrogen-bond acceptors (Lipinski definition) is 4. The van der Waals surface area contributed by atoms with E-state index in [0.717, 1.165) is 17.8 Å². The fourth-order valence-corrected chi connectivity index (χ4v) is 1.67. The summed E-state index contributed by atoms with van der Waals surface area (Å²) < 4.78 is 1.89. The number of aryl methyl sites for hydroxylation is 1. The maximum Gasteiger partial charge on any atom is 0.223 e. The number of nitrogens with zero attached hydrogens (tertiary/aromatic N) is 4. The minimum absolute atomic E-state index is 0.573. The summed E-state index contributed by atoms with van der Waals surface area (Å²) in [6.45, 7) is 2.94. The number of rotatable bonds is 4. The Kier molecular flexibility index (Phi) is 2.51. The van der Waals surface area contributed by atoms with Crippen LogP contribution in [0.5, 0.6) is 0 Å². The van der Waals surface area contributed by atoms with Crippen LogP contribution in [0, 0.1) is 0 Å². The van der Waals surface area contributed by atoms with E-state index < -0.39 is 0 Å². The third kappa shape index (κ3) is 2.27. The van der Waals surface area contributed by atoms with Crippen molar-refractivity contribution in [1.82, 2.24) is 19.7 Å². The molecule has 0 saturated heterocycles. The lowest BCUT2D eigenvalue weighted by molar-refractivity contribution is 0.660. The zero-order valence-corrected chi connectivity index (χ0v) is 9.80. The minimum atomic E-state index is 0.573. The molecule has 1 saturated carbocycles. The Morgan fingerprint density at radius 1 is 1.47 bits per heavy atom. The lowest BCUT2D eigenvalue weighted by atomic mass is 10.2. The number of nitrogens with one attached hydrogen (secondary N) is 1. The predicted molar refractivity (Wildman–Crippen MR) is 65.6 cm³/mol. The minimum Gasteiger partial charge on any atom is -0.351 e. The van der Waals surface area contributed by atoms with Gasteiger partial charge in [0, 0.05) is 30.5 Å². The standard InChI is InChI=1S/C12H15N5/c1-2-17-8-9(7-14-17)11-5-6-13-12(16-11)15-10-3-4-10/h5-8,10H,2-4H2,1H3,(H,13,15,16). The Morgan fingerprint density at radius 2 is 2.35 bits per heavy atom. The zero-order valence-electron chi connectivity index (χ0n) is 9.80. The van der Waals surface area contributed by atoms with Crippen molar-refractivity contribution in [3.8, 4) is 11.3 Å². The summed E-state index contributed by atoms with van der Waals surface area (Å²) in [5, 5.41) is 7.55. The van der Waals surface area contributed by atoms with E-state index >= 15 is 0 Å². The fourth-order valence-electron chi connectivity index (χ4n) is 1.67. The molecule has 0 bridgehead atoms. The second kappa shape index (κ2) is 4.16. The lowest BCUT2D eigenvalue weighted by Crippen LogP contribution is -2.05. The Morgan fingerprint density at radius 3 is 3.06 bits per heavy atom. The Bertz CT molecular complexity index is 515. The monoisotopic (exact) mass is 229 g/mol. The van der Waals surface area contributed by atoms with Gasteiger partial charge in [-0.3, -0.25) is 4.68 Å². The molecule has 0 radical (unpaired) electrons. The van der Waals surface area contributed by atoms with E-state index in [1.54, 1.807) is 6.20 Å². The van der Waals surface area contributed by atoms with Gasteiger partial charge in [-0.05, 0) is 25.8 Å². The molecule has 1 N–H and O–H groups in total. The first-order valence-electron chi connectivity index (χ1n) is 5.97. The molecular weight excluding hydrogens is 214 g/mol. The maximum absolute atomic E-state index is 4.50. The van der Waals surface area contributed by atoms with Crippen LogP contribution in [0.4, 0.5) is 5.95 Å². The molecule has 88 valence electrons. The molecule has 5 heteroatoms. The number of hydrogen-bond donors (Lipinski definition) is 1. The van der Waals surface area contributed by atoms with Crippen LogP contribution in [0.25, 0.3) is 11.3 Å². The van der Waals surface area contributed by atoms with Crippen LogP contribution in [0.15, 0.2) is 24.7 Å². The van der Waals surface area contributed by atoms with Crippen molar-refractivity contribution in [3.63, 3.8) is 0 Å². The molecule has 5 nitrogen and oxygen atoms in total. The van der Waals surface area contributed by atoms with E-state index in [4.69, 9.17) is 0 Å².